The molecule has 6 nitrogen and oxygen atoms in total. The Hall–Kier alpha value is -2.58. The van der Waals surface area contributed by atoms with Crippen LogP contribution in [-0.2, 0) is 10.5 Å². The number of nitrogens with one attached hydrogen (secondary N) is 1. The SMILES string of the molecule is Cc1sc2nc(CSC(C)C(=O)N3CC=C(c4ccc(O)cc4)CC3)[nH]c(=O)c2c1C. The van der Waals surface area contributed by atoms with Crippen molar-refractivity contribution in [1.29, 1.82) is 0 Å². The van der Waals surface area contributed by atoms with Crippen molar-refractivity contribution < 1.29 is 9.90 Å². The molecule has 0 saturated heterocycles. The summed E-state index contributed by atoms with van der Waals surface area (Å²) >= 11 is 3.02. The molecule has 0 bridgehead atoms. The molecule has 1 unspecified atom stereocenters. The van der Waals surface area contributed by atoms with E-state index in [1.54, 1.807) is 12.1 Å². The molecule has 1 aliphatic heterocycles. The smallest absolute Gasteiger partial charge is 0.259 e. The first kappa shape index (κ1) is 21.6. The van der Waals surface area contributed by atoms with Gasteiger partial charge in [-0.2, -0.15) is 0 Å². The van der Waals surface area contributed by atoms with Gasteiger partial charge < -0.3 is 15.0 Å². The number of aromatic amines is 1. The number of carbonyl (C=O) groups is 1. The second-order valence-corrected chi connectivity index (χ2v) is 10.3. The Morgan fingerprint density at radius 3 is 2.74 bits per heavy atom. The zero-order chi connectivity index (χ0) is 22.1. The van der Waals surface area contributed by atoms with E-state index in [1.165, 1.54) is 28.7 Å². The first-order chi connectivity index (χ1) is 14.8. The van der Waals surface area contributed by atoms with Crippen molar-refractivity contribution in [3.8, 4) is 5.75 Å². The molecule has 1 aliphatic rings. The molecule has 4 rings (SSSR count). The second-order valence-electron chi connectivity index (χ2n) is 7.74. The van der Waals surface area contributed by atoms with E-state index < -0.39 is 0 Å². The van der Waals surface area contributed by atoms with Crippen LogP contribution in [0.2, 0.25) is 0 Å². The highest BCUT2D eigenvalue weighted by atomic mass is 32.2. The summed E-state index contributed by atoms with van der Waals surface area (Å²) in [5.74, 6) is 1.44. The zero-order valence-electron chi connectivity index (χ0n) is 17.8. The van der Waals surface area contributed by atoms with Crippen LogP contribution in [0.15, 0.2) is 35.1 Å². The highest BCUT2D eigenvalue weighted by molar-refractivity contribution is 7.99. The largest absolute Gasteiger partial charge is 0.508 e. The third kappa shape index (κ3) is 4.55. The lowest BCUT2D eigenvalue weighted by molar-refractivity contribution is -0.129. The summed E-state index contributed by atoms with van der Waals surface area (Å²) < 4.78 is 0. The molecule has 0 spiro atoms. The van der Waals surface area contributed by atoms with Crippen molar-refractivity contribution in [1.82, 2.24) is 14.9 Å². The maximum Gasteiger partial charge on any atom is 0.259 e. The molecule has 3 aromatic rings. The van der Waals surface area contributed by atoms with Gasteiger partial charge in [-0.3, -0.25) is 9.59 Å². The van der Waals surface area contributed by atoms with Crippen LogP contribution < -0.4 is 5.56 Å². The first-order valence-corrected chi connectivity index (χ1v) is 12.1. The number of carbonyl (C=O) groups excluding carboxylic acids is 1. The predicted molar refractivity (Wildman–Crippen MR) is 128 cm³/mol. The van der Waals surface area contributed by atoms with Crippen LogP contribution in [0.1, 0.15) is 35.2 Å². The number of thioether (sulfide) groups is 1. The maximum atomic E-state index is 12.9. The molecule has 31 heavy (non-hydrogen) atoms. The van der Waals surface area contributed by atoms with Gasteiger partial charge in [-0.25, -0.2) is 4.98 Å². The van der Waals surface area contributed by atoms with Gasteiger partial charge in [0, 0.05) is 18.0 Å². The molecule has 0 fully saturated rings. The molecule has 3 heterocycles. The lowest BCUT2D eigenvalue weighted by Gasteiger charge is -2.29. The summed E-state index contributed by atoms with van der Waals surface area (Å²) in [4.78, 5) is 36.5. The molecule has 2 aromatic heterocycles. The number of nitrogens with zero attached hydrogens (tertiary/aromatic N) is 2. The van der Waals surface area contributed by atoms with Gasteiger partial charge in [0.2, 0.25) is 5.91 Å². The van der Waals surface area contributed by atoms with Gasteiger partial charge >= 0.3 is 0 Å². The Labute approximate surface area is 189 Å². The summed E-state index contributed by atoms with van der Waals surface area (Å²) in [5.41, 5.74) is 3.16. The maximum absolute atomic E-state index is 12.9. The van der Waals surface area contributed by atoms with Crippen LogP contribution in [0.3, 0.4) is 0 Å². The highest BCUT2D eigenvalue weighted by Gasteiger charge is 2.23. The molecule has 0 aliphatic carbocycles. The first-order valence-electron chi connectivity index (χ1n) is 10.2. The second kappa shape index (κ2) is 8.88. The summed E-state index contributed by atoms with van der Waals surface area (Å²) in [6.07, 6.45) is 2.87. The van der Waals surface area contributed by atoms with Crippen LogP contribution in [-0.4, -0.2) is 44.2 Å². The summed E-state index contributed by atoms with van der Waals surface area (Å²) in [5, 5.41) is 9.89. The highest BCUT2D eigenvalue weighted by Crippen LogP contribution is 2.28. The van der Waals surface area contributed by atoms with Crippen molar-refractivity contribution in [2.24, 2.45) is 0 Å². The Morgan fingerprint density at radius 1 is 1.32 bits per heavy atom. The van der Waals surface area contributed by atoms with Crippen LogP contribution >= 0.6 is 23.1 Å². The van der Waals surface area contributed by atoms with E-state index in [0.717, 1.165) is 27.3 Å². The van der Waals surface area contributed by atoms with Crippen molar-refractivity contribution in [3.05, 3.63) is 62.5 Å². The van der Waals surface area contributed by atoms with E-state index in [4.69, 9.17) is 0 Å². The number of hydrogen-bond donors (Lipinski definition) is 2. The Morgan fingerprint density at radius 2 is 2.06 bits per heavy atom. The predicted octanol–water partition coefficient (Wildman–Crippen LogP) is 4.24. The fourth-order valence-electron chi connectivity index (χ4n) is 3.71. The van der Waals surface area contributed by atoms with Gasteiger partial charge in [0.05, 0.1) is 16.4 Å². The normalized spacial score (nSPS) is 15.2. The number of aromatic hydroxyl groups is 1. The molecule has 1 atom stereocenters. The van der Waals surface area contributed by atoms with Gasteiger partial charge in [0.1, 0.15) is 16.4 Å². The monoisotopic (exact) mass is 455 g/mol. The fourth-order valence-corrected chi connectivity index (χ4v) is 5.59. The lowest BCUT2D eigenvalue weighted by Crippen LogP contribution is -2.39. The number of benzene rings is 1. The van der Waals surface area contributed by atoms with E-state index >= 15 is 0 Å². The summed E-state index contributed by atoms with van der Waals surface area (Å²) in [6, 6.07) is 7.17. The molecule has 162 valence electrons. The Kier molecular flexibility index (Phi) is 6.20. The van der Waals surface area contributed by atoms with Gasteiger partial charge in [0.25, 0.3) is 5.56 Å². The molecule has 2 N–H and O–H groups in total. The molecular weight excluding hydrogens is 430 g/mol. The third-order valence-corrected chi connectivity index (χ3v) is 7.91. The number of H-pyrrole nitrogens is 1. The Balaban J connectivity index is 1.37. The number of phenolic OH excluding ortho intramolecular Hbond substituents is 1. The quantitative estimate of drug-likeness (QED) is 0.601. The molecule has 1 aromatic carbocycles. The average molecular weight is 456 g/mol. The van der Waals surface area contributed by atoms with E-state index in [1.807, 2.05) is 37.8 Å². The van der Waals surface area contributed by atoms with Crippen molar-refractivity contribution in [2.75, 3.05) is 13.1 Å². The molecule has 0 radical (unpaired) electrons. The molecule has 1 amide bonds. The zero-order valence-corrected chi connectivity index (χ0v) is 19.4. The lowest BCUT2D eigenvalue weighted by atomic mass is 9.99. The van der Waals surface area contributed by atoms with E-state index in [2.05, 4.69) is 16.0 Å². The fraction of sp³-hybridized carbons (Fsp3) is 0.348. The van der Waals surface area contributed by atoms with E-state index in [9.17, 15) is 14.7 Å². The molecule has 8 heteroatoms. The number of thiophene rings is 1. The number of aryl methyl sites for hydroxylation is 2. The van der Waals surface area contributed by atoms with Crippen molar-refractivity contribution in [3.63, 3.8) is 0 Å². The van der Waals surface area contributed by atoms with E-state index in [-0.39, 0.29) is 22.5 Å². The number of hydrogen-bond acceptors (Lipinski definition) is 6. The Bertz CT molecular complexity index is 1210. The van der Waals surface area contributed by atoms with Crippen LogP contribution in [0.25, 0.3) is 15.8 Å². The minimum Gasteiger partial charge on any atom is -0.508 e. The minimum atomic E-state index is -0.226. The van der Waals surface area contributed by atoms with Crippen molar-refractivity contribution >= 4 is 44.8 Å². The summed E-state index contributed by atoms with van der Waals surface area (Å²) in [6.45, 7) is 7.10. The van der Waals surface area contributed by atoms with Crippen LogP contribution in [0.4, 0.5) is 0 Å². The molecule has 0 saturated carbocycles. The third-order valence-electron chi connectivity index (χ3n) is 5.66. The number of rotatable bonds is 5. The van der Waals surface area contributed by atoms with Gasteiger partial charge in [-0.05, 0) is 56.0 Å². The average Bonchev–Trinajstić information content (AvgIpc) is 3.06. The minimum absolute atomic E-state index is 0.0947. The standard InChI is InChI=1S/C23H25N3O3S2/c1-13-14(2)31-22-20(13)21(28)24-19(25-22)12-30-15(3)23(29)26-10-8-17(9-11-26)16-4-6-18(27)7-5-16/h4-8,15,27H,9-12H2,1-3H3,(H,24,25,28). The number of fused-ring (bicyclic) bond motifs is 1. The van der Waals surface area contributed by atoms with Crippen molar-refractivity contribution in [2.45, 2.75) is 38.2 Å². The summed E-state index contributed by atoms with van der Waals surface area (Å²) in [7, 11) is 0. The van der Waals surface area contributed by atoms with Gasteiger partial charge in [-0.15, -0.1) is 23.1 Å². The number of amides is 1. The van der Waals surface area contributed by atoms with Crippen LogP contribution in [0, 0.1) is 13.8 Å². The van der Waals surface area contributed by atoms with Gasteiger partial charge in [0.15, 0.2) is 0 Å². The van der Waals surface area contributed by atoms with E-state index in [0.29, 0.717) is 30.1 Å². The van der Waals surface area contributed by atoms with Gasteiger partial charge in [-0.1, -0.05) is 18.2 Å². The molecular formula is C23H25N3O3S2. The number of phenols is 1. The topological polar surface area (TPSA) is 86.3 Å². The number of aromatic nitrogens is 2. The van der Waals surface area contributed by atoms with Crippen LogP contribution in [0.5, 0.6) is 5.75 Å².